The van der Waals surface area contributed by atoms with Gasteiger partial charge in [-0.15, -0.1) is 0 Å². The number of rotatable bonds is 10. The Bertz CT molecular complexity index is 904. The topological polar surface area (TPSA) is 129 Å². The van der Waals surface area contributed by atoms with Gasteiger partial charge in [0.15, 0.2) is 0 Å². The maximum Gasteiger partial charge on any atom is 0.119 e. The van der Waals surface area contributed by atoms with Crippen molar-refractivity contribution in [2.24, 2.45) is 0 Å². The number of aliphatic hydroxyl groups is 5. The van der Waals surface area contributed by atoms with Crippen molar-refractivity contribution >= 4 is 11.6 Å². The van der Waals surface area contributed by atoms with Crippen LogP contribution in [0, 0.1) is 0 Å². The van der Waals surface area contributed by atoms with Gasteiger partial charge in [-0.25, -0.2) is 0 Å². The van der Waals surface area contributed by atoms with Gasteiger partial charge in [0, 0.05) is 5.02 Å². The average molecular weight is 497 g/mol. The quantitative estimate of drug-likeness (QED) is 0.335. The summed E-state index contributed by atoms with van der Waals surface area (Å²) in [6.45, 7) is 3.65. The molecule has 1 fully saturated rings. The monoisotopic (exact) mass is 496 g/mol. The van der Waals surface area contributed by atoms with Crippen molar-refractivity contribution in [3.63, 3.8) is 0 Å². The first-order valence-electron chi connectivity index (χ1n) is 11.3. The van der Waals surface area contributed by atoms with Crippen LogP contribution in [0.3, 0.4) is 0 Å². The van der Waals surface area contributed by atoms with E-state index in [9.17, 15) is 25.5 Å². The van der Waals surface area contributed by atoms with Crippen molar-refractivity contribution in [1.82, 2.24) is 0 Å². The van der Waals surface area contributed by atoms with Crippen LogP contribution < -0.4 is 4.74 Å². The second-order valence-electron chi connectivity index (χ2n) is 8.77. The van der Waals surface area contributed by atoms with E-state index < -0.39 is 43.2 Å². The lowest BCUT2D eigenvalue weighted by Gasteiger charge is -2.40. The second-order valence-corrected chi connectivity index (χ2v) is 9.18. The van der Waals surface area contributed by atoms with Crippen LogP contribution in [0.1, 0.15) is 36.6 Å². The number of hydrogen-bond acceptors (Lipinski definition) is 8. The first-order valence-corrected chi connectivity index (χ1v) is 11.7. The summed E-state index contributed by atoms with van der Waals surface area (Å²) < 4.78 is 16.6. The van der Waals surface area contributed by atoms with Crippen LogP contribution in [-0.2, 0) is 15.9 Å². The van der Waals surface area contributed by atoms with E-state index in [0.29, 0.717) is 22.8 Å². The normalized spacial score (nSPS) is 26.0. The van der Waals surface area contributed by atoms with Gasteiger partial charge in [0.05, 0.1) is 19.3 Å². The molecule has 0 aliphatic carbocycles. The fourth-order valence-electron chi connectivity index (χ4n) is 3.75. The maximum absolute atomic E-state index is 10.4. The minimum Gasteiger partial charge on any atom is -0.491 e. The van der Waals surface area contributed by atoms with Crippen LogP contribution in [0.2, 0.25) is 5.02 Å². The molecule has 0 aromatic heterocycles. The Morgan fingerprint density at radius 2 is 1.68 bits per heavy atom. The molecule has 3 rings (SSSR count). The highest BCUT2D eigenvalue weighted by Gasteiger charge is 2.44. The van der Waals surface area contributed by atoms with Gasteiger partial charge >= 0.3 is 0 Å². The van der Waals surface area contributed by atoms with E-state index in [1.165, 1.54) is 0 Å². The standard InChI is InChI=1S/C25H33ClO8/c1-14(2)32-12-18(28)13-33-19-6-3-15(4-7-19)9-17-10-16(5-8-20(17)26)25-24(31)23(30)22(29)21(11-27)34-25/h3-8,10,14,18,21-25,27-31H,9,11-13H2,1-2H3/t18-,21+,22+,23-,24+,25-/m0/s1. The first-order chi connectivity index (χ1) is 16.2. The molecular weight excluding hydrogens is 464 g/mol. The molecule has 1 heterocycles. The maximum atomic E-state index is 10.4. The molecule has 0 unspecified atom stereocenters. The SMILES string of the molecule is CC(C)OC[C@H](O)COc1ccc(Cc2cc([C@@H]3O[C@H](CO)[C@@H](O)[C@H](O)[C@H]3O)ccc2Cl)cc1. The van der Waals surface area contributed by atoms with Gasteiger partial charge in [0.25, 0.3) is 0 Å². The predicted octanol–water partition coefficient (Wildman–Crippen LogP) is 1.61. The number of hydrogen-bond donors (Lipinski definition) is 5. The Kier molecular flexibility index (Phi) is 9.70. The van der Waals surface area contributed by atoms with Crippen LogP contribution in [0.25, 0.3) is 0 Å². The number of ether oxygens (including phenoxy) is 3. The average Bonchev–Trinajstić information content (AvgIpc) is 2.82. The molecule has 34 heavy (non-hydrogen) atoms. The first kappa shape index (κ1) is 26.8. The zero-order chi connectivity index (χ0) is 24.8. The molecule has 188 valence electrons. The molecule has 1 aliphatic heterocycles. The molecule has 0 saturated carbocycles. The highest BCUT2D eigenvalue weighted by atomic mass is 35.5. The van der Waals surface area contributed by atoms with Gasteiger partial charge in [0.1, 0.15) is 49.0 Å². The summed E-state index contributed by atoms with van der Waals surface area (Å²) in [5.74, 6) is 0.619. The van der Waals surface area contributed by atoms with Crippen LogP contribution in [0.5, 0.6) is 5.75 Å². The van der Waals surface area contributed by atoms with Crippen molar-refractivity contribution in [1.29, 1.82) is 0 Å². The van der Waals surface area contributed by atoms with Crippen molar-refractivity contribution in [3.05, 3.63) is 64.2 Å². The fourth-order valence-corrected chi connectivity index (χ4v) is 3.94. The van der Waals surface area contributed by atoms with Gasteiger partial charge < -0.3 is 39.7 Å². The molecule has 0 amide bonds. The van der Waals surface area contributed by atoms with E-state index in [1.807, 2.05) is 26.0 Å². The molecule has 2 aromatic rings. The molecular formula is C25H33ClO8. The summed E-state index contributed by atoms with van der Waals surface area (Å²) in [6.07, 6.45) is -6.30. The third-order valence-electron chi connectivity index (χ3n) is 5.67. The summed E-state index contributed by atoms with van der Waals surface area (Å²) in [6, 6.07) is 12.5. The number of halogens is 1. The van der Waals surface area contributed by atoms with Gasteiger partial charge in [-0.3, -0.25) is 0 Å². The zero-order valence-electron chi connectivity index (χ0n) is 19.3. The molecule has 8 nitrogen and oxygen atoms in total. The molecule has 0 radical (unpaired) electrons. The molecule has 5 N–H and O–H groups in total. The van der Waals surface area contributed by atoms with E-state index >= 15 is 0 Å². The Morgan fingerprint density at radius 1 is 0.971 bits per heavy atom. The summed E-state index contributed by atoms with van der Waals surface area (Å²) in [5, 5.41) is 50.4. The van der Waals surface area contributed by atoms with Crippen molar-refractivity contribution < 1.29 is 39.7 Å². The van der Waals surface area contributed by atoms with E-state index in [1.54, 1.807) is 30.3 Å². The Hall–Kier alpha value is -1.75. The molecule has 9 heteroatoms. The smallest absolute Gasteiger partial charge is 0.119 e. The van der Waals surface area contributed by atoms with E-state index in [4.69, 9.17) is 25.8 Å². The summed E-state index contributed by atoms with van der Waals surface area (Å²) >= 11 is 6.40. The second kappa shape index (κ2) is 12.3. The summed E-state index contributed by atoms with van der Waals surface area (Å²) in [5.41, 5.74) is 2.32. The molecule has 1 saturated heterocycles. The highest BCUT2D eigenvalue weighted by Crippen LogP contribution is 2.34. The lowest BCUT2D eigenvalue weighted by molar-refractivity contribution is -0.231. The molecule has 0 bridgehead atoms. The van der Waals surface area contributed by atoms with Crippen LogP contribution in [-0.4, -0.2) is 82.0 Å². The number of aliphatic hydroxyl groups excluding tert-OH is 5. The lowest BCUT2D eigenvalue weighted by Crippen LogP contribution is -2.55. The zero-order valence-corrected chi connectivity index (χ0v) is 20.0. The van der Waals surface area contributed by atoms with E-state index in [2.05, 4.69) is 0 Å². The Morgan fingerprint density at radius 3 is 2.32 bits per heavy atom. The molecule has 6 atom stereocenters. The van der Waals surface area contributed by atoms with Gasteiger partial charge in [-0.2, -0.15) is 0 Å². The van der Waals surface area contributed by atoms with Crippen LogP contribution >= 0.6 is 11.6 Å². The van der Waals surface area contributed by atoms with Crippen molar-refractivity contribution in [2.75, 3.05) is 19.8 Å². The Balaban J connectivity index is 1.65. The highest BCUT2D eigenvalue weighted by molar-refractivity contribution is 6.31. The van der Waals surface area contributed by atoms with Crippen molar-refractivity contribution in [2.45, 2.75) is 63.0 Å². The summed E-state index contributed by atoms with van der Waals surface area (Å²) in [4.78, 5) is 0. The lowest BCUT2D eigenvalue weighted by atomic mass is 9.90. The summed E-state index contributed by atoms with van der Waals surface area (Å²) in [7, 11) is 0. The van der Waals surface area contributed by atoms with E-state index in [0.717, 1.165) is 11.1 Å². The van der Waals surface area contributed by atoms with Gasteiger partial charge in [0.2, 0.25) is 0 Å². The largest absolute Gasteiger partial charge is 0.491 e. The third-order valence-corrected chi connectivity index (χ3v) is 6.04. The van der Waals surface area contributed by atoms with Crippen molar-refractivity contribution in [3.8, 4) is 5.75 Å². The third kappa shape index (κ3) is 6.90. The van der Waals surface area contributed by atoms with Crippen LogP contribution in [0.15, 0.2) is 42.5 Å². The molecule has 1 aliphatic rings. The predicted molar refractivity (Wildman–Crippen MR) is 126 cm³/mol. The minimum absolute atomic E-state index is 0.0416. The molecule has 2 aromatic carbocycles. The van der Waals surface area contributed by atoms with Gasteiger partial charge in [-0.05, 0) is 55.2 Å². The molecule has 0 spiro atoms. The van der Waals surface area contributed by atoms with Crippen LogP contribution in [0.4, 0.5) is 0 Å². The number of benzene rings is 2. The van der Waals surface area contributed by atoms with E-state index in [-0.39, 0.29) is 19.3 Å². The van der Waals surface area contributed by atoms with Gasteiger partial charge in [-0.1, -0.05) is 35.9 Å². The minimum atomic E-state index is -1.45. The fraction of sp³-hybridized carbons (Fsp3) is 0.520. The Labute approximate surface area is 204 Å².